The quantitative estimate of drug-likeness (QED) is 0.657. The largest absolute Gasteiger partial charge is 0.337 e. The number of nitrogens with zero attached hydrogens (tertiary/aromatic N) is 6. The van der Waals surface area contributed by atoms with Crippen molar-refractivity contribution in [2.24, 2.45) is 19.5 Å². The smallest absolute Gasteiger partial charge is 0.274 e. The number of imidazole rings is 2. The number of nitrogens with one attached hydrogen (secondary N) is 2. The van der Waals surface area contributed by atoms with E-state index in [9.17, 15) is 9.59 Å². The van der Waals surface area contributed by atoms with E-state index in [2.05, 4.69) is 10.6 Å². The third-order valence-electron chi connectivity index (χ3n) is 9.23. The lowest BCUT2D eigenvalue weighted by Gasteiger charge is -2.46. The molecule has 4 saturated heterocycles. The third-order valence-corrected chi connectivity index (χ3v) is 9.23. The second-order valence-electron chi connectivity index (χ2n) is 11.6. The van der Waals surface area contributed by atoms with Gasteiger partial charge in [0.1, 0.15) is 23.0 Å². The van der Waals surface area contributed by atoms with E-state index in [1.807, 2.05) is 45.4 Å². The van der Waals surface area contributed by atoms with E-state index in [4.69, 9.17) is 9.97 Å². The van der Waals surface area contributed by atoms with Crippen LogP contribution in [0.15, 0.2) is 12.4 Å². The molecule has 2 N–H and O–H groups in total. The van der Waals surface area contributed by atoms with Crippen molar-refractivity contribution < 1.29 is 9.59 Å². The fraction of sp³-hybridized carbons (Fsp3) is 0.704. The van der Waals surface area contributed by atoms with E-state index in [0.717, 1.165) is 102 Å². The van der Waals surface area contributed by atoms with Crippen LogP contribution >= 0.6 is 0 Å². The van der Waals surface area contributed by atoms with Gasteiger partial charge in [0.2, 0.25) is 0 Å². The molecule has 2 aromatic rings. The molecule has 0 saturated carbocycles. The Balaban J connectivity index is 1.03. The summed E-state index contributed by atoms with van der Waals surface area (Å²) in [6.07, 6.45) is 12.2. The van der Waals surface area contributed by atoms with Crippen molar-refractivity contribution in [2.75, 3.05) is 39.3 Å². The first kappa shape index (κ1) is 24.6. The molecule has 10 heteroatoms. The zero-order valence-corrected chi connectivity index (χ0v) is 22.2. The molecule has 37 heavy (non-hydrogen) atoms. The summed E-state index contributed by atoms with van der Waals surface area (Å²) in [5, 5.41) is 6.96. The number of aromatic nitrogens is 4. The number of amides is 2. The minimum absolute atomic E-state index is 0.0463. The van der Waals surface area contributed by atoms with Gasteiger partial charge in [-0.1, -0.05) is 0 Å². The Morgan fingerprint density at radius 1 is 0.757 bits per heavy atom. The van der Waals surface area contributed by atoms with E-state index < -0.39 is 0 Å². The lowest BCUT2D eigenvalue weighted by Crippen LogP contribution is -2.49. The Hall–Kier alpha value is -2.72. The molecule has 4 aliphatic rings. The van der Waals surface area contributed by atoms with Crippen LogP contribution in [0, 0.1) is 5.41 Å². The van der Waals surface area contributed by atoms with Crippen LogP contribution in [-0.4, -0.2) is 80.0 Å². The molecule has 2 aromatic heterocycles. The van der Waals surface area contributed by atoms with E-state index in [1.165, 1.54) is 0 Å². The predicted molar refractivity (Wildman–Crippen MR) is 139 cm³/mol. The van der Waals surface area contributed by atoms with Crippen LogP contribution in [0.4, 0.5) is 0 Å². The highest BCUT2D eigenvalue weighted by atomic mass is 16.2. The maximum Gasteiger partial charge on any atom is 0.274 e. The average molecular weight is 509 g/mol. The summed E-state index contributed by atoms with van der Waals surface area (Å²) in [4.78, 5) is 39.9. The minimum atomic E-state index is 0.0463. The van der Waals surface area contributed by atoms with Crippen molar-refractivity contribution in [3.8, 4) is 0 Å². The van der Waals surface area contributed by atoms with E-state index in [-0.39, 0.29) is 29.3 Å². The first-order valence-electron chi connectivity index (χ1n) is 14.0. The SMILES string of the molecule is Cn1cc(C(=O)N2CCC3(CC2)CCN(C(=O)c2cn(C)c(C4CCCN4)n2)CC3)nc1C1CCCN1. The Morgan fingerprint density at radius 3 is 1.51 bits per heavy atom. The minimum Gasteiger partial charge on any atom is -0.337 e. The molecule has 0 aliphatic carbocycles. The molecular weight excluding hydrogens is 468 g/mol. The first-order chi connectivity index (χ1) is 17.9. The molecule has 1 spiro atoms. The summed E-state index contributed by atoms with van der Waals surface area (Å²) in [6, 6.07) is 0.502. The highest BCUT2D eigenvalue weighted by Crippen LogP contribution is 2.41. The molecule has 4 aliphatic heterocycles. The van der Waals surface area contributed by atoms with Crippen molar-refractivity contribution in [1.82, 2.24) is 39.5 Å². The highest BCUT2D eigenvalue weighted by Gasteiger charge is 2.40. The molecule has 6 rings (SSSR count). The molecule has 2 unspecified atom stereocenters. The van der Waals surface area contributed by atoms with Gasteiger partial charge < -0.3 is 29.6 Å². The number of carbonyl (C=O) groups is 2. The molecule has 4 fully saturated rings. The van der Waals surface area contributed by atoms with Crippen LogP contribution in [-0.2, 0) is 14.1 Å². The summed E-state index contributed by atoms with van der Waals surface area (Å²) < 4.78 is 4.01. The molecule has 0 aromatic carbocycles. The molecule has 0 radical (unpaired) electrons. The second kappa shape index (κ2) is 9.87. The number of carbonyl (C=O) groups excluding carboxylic acids is 2. The molecule has 2 amide bonds. The van der Waals surface area contributed by atoms with Gasteiger partial charge in [0.05, 0.1) is 12.1 Å². The van der Waals surface area contributed by atoms with Gasteiger partial charge in [-0.15, -0.1) is 0 Å². The molecule has 6 heterocycles. The Kier molecular flexibility index (Phi) is 6.56. The lowest BCUT2D eigenvalue weighted by molar-refractivity contribution is 0.0276. The maximum atomic E-state index is 13.2. The average Bonchev–Trinajstić information content (AvgIpc) is 3.71. The Labute approximate surface area is 218 Å². The third kappa shape index (κ3) is 4.69. The van der Waals surface area contributed by atoms with Gasteiger partial charge in [0, 0.05) is 52.7 Å². The summed E-state index contributed by atoms with van der Waals surface area (Å²) >= 11 is 0. The maximum absolute atomic E-state index is 13.2. The van der Waals surface area contributed by atoms with Crippen LogP contribution in [0.25, 0.3) is 0 Å². The van der Waals surface area contributed by atoms with Gasteiger partial charge in [0.25, 0.3) is 11.8 Å². The number of hydrogen-bond donors (Lipinski definition) is 2. The number of rotatable bonds is 4. The number of hydrogen-bond acceptors (Lipinski definition) is 6. The monoisotopic (exact) mass is 508 g/mol. The van der Waals surface area contributed by atoms with Crippen LogP contribution in [0.3, 0.4) is 0 Å². The fourth-order valence-electron chi connectivity index (χ4n) is 6.82. The molecule has 0 bridgehead atoms. The second-order valence-corrected chi connectivity index (χ2v) is 11.6. The molecule has 200 valence electrons. The predicted octanol–water partition coefficient (Wildman–Crippen LogP) is 2.16. The zero-order valence-electron chi connectivity index (χ0n) is 22.2. The van der Waals surface area contributed by atoms with Gasteiger partial charge in [-0.25, -0.2) is 9.97 Å². The van der Waals surface area contributed by atoms with Gasteiger partial charge >= 0.3 is 0 Å². The number of aryl methyl sites for hydroxylation is 2. The first-order valence-corrected chi connectivity index (χ1v) is 14.0. The number of likely N-dealkylation sites (tertiary alicyclic amines) is 2. The van der Waals surface area contributed by atoms with E-state index in [1.54, 1.807) is 0 Å². The highest BCUT2D eigenvalue weighted by molar-refractivity contribution is 5.93. The van der Waals surface area contributed by atoms with Crippen LogP contribution < -0.4 is 10.6 Å². The van der Waals surface area contributed by atoms with Gasteiger partial charge in [-0.2, -0.15) is 0 Å². The van der Waals surface area contributed by atoms with Crippen molar-refractivity contribution >= 4 is 11.8 Å². The summed E-state index contributed by atoms with van der Waals surface area (Å²) in [6.45, 7) is 5.07. The molecule has 2 atom stereocenters. The molecular formula is C27H40N8O2. The standard InChI is InChI=1S/C27H40N8O2/c1-32-17-21(30-23(32)19-5-3-11-28-19)25(36)34-13-7-27(8-14-34)9-15-35(16-10-27)26(37)22-18-33(2)24(31-22)20-6-4-12-29-20/h17-20,28-29H,3-16H2,1-2H3. The lowest BCUT2D eigenvalue weighted by atomic mass is 9.71. The molecule has 10 nitrogen and oxygen atoms in total. The Bertz CT molecular complexity index is 1050. The van der Waals surface area contributed by atoms with Crippen LogP contribution in [0.1, 0.15) is 96.1 Å². The van der Waals surface area contributed by atoms with Gasteiger partial charge in [-0.05, 0) is 69.9 Å². The summed E-state index contributed by atoms with van der Waals surface area (Å²) in [5.41, 5.74) is 1.34. The van der Waals surface area contributed by atoms with Crippen molar-refractivity contribution in [1.29, 1.82) is 0 Å². The normalized spacial score (nSPS) is 25.8. The van der Waals surface area contributed by atoms with Crippen molar-refractivity contribution in [3.05, 3.63) is 35.4 Å². The van der Waals surface area contributed by atoms with Crippen LogP contribution in [0.2, 0.25) is 0 Å². The number of piperidine rings is 2. The summed E-state index contributed by atoms with van der Waals surface area (Å²) in [5.74, 6) is 2.02. The van der Waals surface area contributed by atoms with Crippen LogP contribution in [0.5, 0.6) is 0 Å². The topological polar surface area (TPSA) is 100 Å². The Morgan fingerprint density at radius 2 is 1.16 bits per heavy atom. The van der Waals surface area contributed by atoms with E-state index >= 15 is 0 Å². The van der Waals surface area contributed by atoms with E-state index in [0.29, 0.717) is 11.4 Å². The van der Waals surface area contributed by atoms with Crippen molar-refractivity contribution in [2.45, 2.75) is 63.5 Å². The fourth-order valence-corrected chi connectivity index (χ4v) is 6.82. The zero-order chi connectivity index (χ0) is 25.6. The van der Waals surface area contributed by atoms with Gasteiger partial charge in [0.15, 0.2) is 0 Å². The van der Waals surface area contributed by atoms with Crippen molar-refractivity contribution in [3.63, 3.8) is 0 Å². The van der Waals surface area contributed by atoms with Gasteiger partial charge in [-0.3, -0.25) is 9.59 Å². The summed E-state index contributed by atoms with van der Waals surface area (Å²) in [7, 11) is 3.97.